The number of hydrogen-bond donors (Lipinski definition) is 1. The molecule has 0 bridgehead atoms. The van der Waals surface area contributed by atoms with Crippen LogP contribution in [0.4, 0.5) is 0 Å². The molecular formula is C13H10N2O3S2. The molecule has 20 heavy (non-hydrogen) atoms. The lowest BCUT2D eigenvalue weighted by Crippen LogP contribution is -1.94. The van der Waals surface area contributed by atoms with Gasteiger partial charge in [0.1, 0.15) is 16.7 Å². The normalized spacial score (nSPS) is 10.1. The van der Waals surface area contributed by atoms with Crippen LogP contribution >= 0.6 is 23.1 Å². The Kier molecular flexibility index (Phi) is 4.27. The summed E-state index contributed by atoms with van der Waals surface area (Å²) >= 11 is 2.36. The number of carboxylic acids is 1. The molecule has 0 aliphatic carbocycles. The van der Waals surface area contributed by atoms with Crippen LogP contribution < -0.4 is 4.74 Å². The molecule has 0 saturated heterocycles. The summed E-state index contributed by atoms with van der Waals surface area (Å²) in [6.45, 7) is 1.65. The van der Waals surface area contributed by atoms with Crippen LogP contribution in [0, 0.1) is 18.3 Å². The monoisotopic (exact) mass is 306 g/mol. The van der Waals surface area contributed by atoms with Crippen LogP contribution in [0.25, 0.3) is 0 Å². The third kappa shape index (κ3) is 2.92. The van der Waals surface area contributed by atoms with Gasteiger partial charge in [-0.15, -0.1) is 11.3 Å². The second-order valence-electron chi connectivity index (χ2n) is 3.78. The summed E-state index contributed by atoms with van der Waals surface area (Å²) in [5.41, 5.74) is 0.979. The molecule has 0 aliphatic heterocycles. The van der Waals surface area contributed by atoms with Crippen molar-refractivity contribution in [1.29, 1.82) is 5.26 Å². The second kappa shape index (κ2) is 5.94. The molecule has 2 aromatic rings. The van der Waals surface area contributed by atoms with E-state index in [-0.39, 0.29) is 4.88 Å². The fourth-order valence-electron chi connectivity index (χ4n) is 1.51. The Morgan fingerprint density at radius 1 is 1.55 bits per heavy atom. The van der Waals surface area contributed by atoms with E-state index < -0.39 is 5.97 Å². The van der Waals surface area contributed by atoms with Crippen molar-refractivity contribution in [3.63, 3.8) is 0 Å². The topological polar surface area (TPSA) is 83.2 Å². The molecule has 0 spiro atoms. The molecule has 1 aromatic carbocycles. The van der Waals surface area contributed by atoms with Crippen molar-refractivity contribution < 1.29 is 14.6 Å². The highest BCUT2D eigenvalue weighted by Crippen LogP contribution is 2.36. The third-order valence-corrected chi connectivity index (χ3v) is 4.74. The lowest BCUT2D eigenvalue weighted by molar-refractivity contribution is 0.0701. The Labute approximate surface area is 123 Å². The maximum atomic E-state index is 11.0. The number of aryl methyl sites for hydroxylation is 1. The Hall–Kier alpha value is -2.04. The summed E-state index contributed by atoms with van der Waals surface area (Å²) in [7, 11) is 1.55. The number of carbonyl (C=O) groups is 1. The fourth-order valence-corrected chi connectivity index (χ4v) is 3.61. The van der Waals surface area contributed by atoms with E-state index in [1.165, 1.54) is 11.8 Å². The van der Waals surface area contributed by atoms with Crippen molar-refractivity contribution in [2.24, 2.45) is 0 Å². The number of carboxylic acid groups (broad SMARTS) is 1. The summed E-state index contributed by atoms with van der Waals surface area (Å²) in [5.74, 6) is -0.351. The zero-order valence-corrected chi connectivity index (χ0v) is 12.3. The van der Waals surface area contributed by atoms with Gasteiger partial charge >= 0.3 is 5.97 Å². The molecule has 7 heteroatoms. The maximum absolute atomic E-state index is 11.0. The quantitative estimate of drug-likeness (QED) is 0.934. The number of aromatic nitrogens is 1. The van der Waals surface area contributed by atoms with Crippen molar-refractivity contribution in [1.82, 2.24) is 4.98 Å². The molecule has 0 unspecified atom stereocenters. The average Bonchev–Trinajstić information content (AvgIpc) is 2.79. The highest BCUT2D eigenvalue weighted by atomic mass is 32.2. The predicted octanol–water partition coefficient (Wildman–Crippen LogP) is 3.18. The summed E-state index contributed by atoms with van der Waals surface area (Å²) < 4.78 is 5.71. The number of ether oxygens (including phenoxy) is 1. The molecule has 0 aliphatic rings. The van der Waals surface area contributed by atoms with Crippen LogP contribution in [-0.2, 0) is 0 Å². The largest absolute Gasteiger partial charge is 0.497 e. The minimum absolute atomic E-state index is 0.217. The molecular weight excluding hydrogens is 296 g/mol. The Bertz CT molecular complexity index is 704. The molecule has 1 heterocycles. The van der Waals surface area contributed by atoms with Crippen LogP contribution in [0.3, 0.4) is 0 Å². The Morgan fingerprint density at radius 3 is 2.85 bits per heavy atom. The van der Waals surface area contributed by atoms with Gasteiger partial charge in [-0.2, -0.15) is 5.26 Å². The van der Waals surface area contributed by atoms with Crippen molar-refractivity contribution in [3.05, 3.63) is 34.3 Å². The first kappa shape index (κ1) is 14.4. The highest BCUT2D eigenvalue weighted by molar-refractivity contribution is 8.01. The number of methoxy groups -OCH3 is 1. The van der Waals surface area contributed by atoms with Gasteiger partial charge in [0.25, 0.3) is 0 Å². The van der Waals surface area contributed by atoms with Gasteiger partial charge in [0.05, 0.1) is 18.4 Å². The van der Waals surface area contributed by atoms with Gasteiger partial charge in [-0.25, -0.2) is 9.78 Å². The van der Waals surface area contributed by atoms with E-state index in [9.17, 15) is 4.79 Å². The van der Waals surface area contributed by atoms with Crippen molar-refractivity contribution >= 4 is 29.1 Å². The number of rotatable bonds is 4. The summed E-state index contributed by atoms with van der Waals surface area (Å²) in [5, 5.41) is 18.1. The minimum Gasteiger partial charge on any atom is -0.497 e. The van der Waals surface area contributed by atoms with Crippen molar-refractivity contribution in [2.45, 2.75) is 16.2 Å². The molecule has 0 atom stereocenters. The standard InChI is InChI=1S/C13H10N2O3S2/c1-7-11(12(16)17)20-13(15-7)19-10-5-9(18-2)4-3-8(10)6-14/h3-5H,1-2H3,(H,16,17). The zero-order valence-electron chi connectivity index (χ0n) is 10.7. The number of hydrogen-bond acceptors (Lipinski definition) is 6. The average molecular weight is 306 g/mol. The van der Waals surface area contributed by atoms with Crippen molar-refractivity contribution in [2.75, 3.05) is 7.11 Å². The Morgan fingerprint density at radius 2 is 2.30 bits per heavy atom. The van der Waals surface area contributed by atoms with Gasteiger partial charge in [0.15, 0.2) is 4.34 Å². The summed E-state index contributed by atoms with van der Waals surface area (Å²) in [6, 6.07) is 7.21. The minimum atomic E-state index is -0.988. The first-order chi connectivity index (χ1) is 9.55. The number of aromatic carboxylic acids is 1. The van der Waals surface area contributed by atoms with Gasteiger partial charge in [-0.3, -0.25) is 0 Å². The fraction of sp³-hybridized carbons (Fsp3) is 0.154. The van der Waals surface area contributed by atoms with Gasteiger partial charge in [0.2, 0.25) is 0 Å². The highest BCUT2D eigenvalue weighted by Gasteiger charge is 2.16. The molecule has 0 radical (unpaired) electrons. The first-order valence-corrected chi connectivity index (χ1v) is 7.15. The molecule has 1 aromatic heterocycles. The zero-order chi connectivity index (χ0) is 14.7. The van der Waals surface area contributed by atoms with E-state index in [1.54, 1.807) is 32.2 Å². The second-order valence-corrected chi connectivity index (χ2v) is 6.06. The van der Waals surface area contributed by atoms with E-state index in [4.69, 9.17) is 15.1 Å². The lowest BCUT2D eigenvalue weighted by atomic mass is 10.2. The predicted molar refractivity (Wildman–Crippen MR) is 75.6 cm³/mol. The molecule has 0 amide bonds. The molecule has 102 valence electrons. The third-order valence-electron chi connectivity index (χ3n) is 2.48. The lowest BCUT2D eigenvalue weighted by Gasteiger charge is -2.04. The number of nitriles is 1. The molecule has 2 rings (SSSR count). The van der Waals surface area contributed by atoms with Gasteiger partial charge in [0, 0.05) is 4.90 Å². The number of thiazole rings is 1. The van der Waals surface area contributed by atoms with E-state index in [1.807, 2.05) is 0 Å². The smallest absolute Gasteiger partial charge is 0.347 e. The maximum Gasteiger partial charge on any atom is 0.347 e. The first-order valence-electron chi connectivity index (χ1n) is 5.52. The summed E-state index contributed by atoms with van der Waals surface area (Å²) in [4.78, 5) is 16.1. The van der Waals surface area contributed by atoms with E-state index >= 15 is 0 Å². The van der Waals surface area contributed by atoms with Crippen LogP contribution in [0.1, 0.15) is 20.9 Å². The SMILES string of the molecule is COc1ccc(C#N)c(Sc2nc(C)c(C(=O)O)s2)c1. The summed E-state index contributed by atoms with van der Waals surface area (Å²) in [6.07, 6.45) is 0. The van der Waals surface area contributed by atoms with E-state index in [0.717, 1.165) is 11.3 Å². The van der Waals surface area contributed by atoms with Crippen LogP contribution in [-0.4, -0.2) is 23.2 Å². The molecule has 0 saturated carbocycles. The number of benzene rings is 1. The molecule has 5 nitrogen and oxygen atoms in total. The van der Waals surface area contributed by atoms with Crippen LogP contribution in [0.5, 0.6) is 5.75 Å². The Balaban J connectivity index is 2.36. The van der Waals surface area contributed by atoms with Gasteiger partial charge < -0.3 is 9.84 Å². The molecule has 0 fully saturated rings. The van der Waals surface area contributed by atoms with Gasteiger partial charge in [-0.1, -0.05) is 11.8 Å². The van der Waals surface area contributed by atoms with E-state index in [0.29, 0.717) is 26.2 Å². The molecule has 1 N–H and O–H groups in total. The van der Waals surface area contributed by atoms with E-state index in [2.05, 4.69) is 11.1 Å². The van der Waals surface area contributed by atoms with Crippen LogP contribution in [0.2, 0.25) is 0 Å². The van der Waals surface area contributed by atoms with Crippen molar-refractivity contribution in [3.8, 4) is 11.8 Å². The number of nitrogens with zero attached hydrogens (tertiary/aromatic N) is 2. The van der Waals surface area contributed by atoms with Gasteiger partial charge in [-0.05, 0) is 25.1 Å². The van der Waals surface area contributed by atoms with Crippen LogP contribution in [0.15, 0.2) is 27.4 Å².